The van der Waals surface area contributed by atoms with E-state index in [2.05, 4.69) is 28.4 Å². The summed E-state index contributed by atoms with van der Waals surface area (Å²) in [7, 11) is 1.73. The highest BCUT2D eigenvalue weighted by atomic mass is 32.1. The predicted octanol–water partition coefficient (Wildman–Crippen LogP) is 0.746. The molecule has 1 aliphatic rings. The highest BCUT2D eigenvalue weighted by molar-refractivity contribution is 7.78. The van der Waals surface area contributed by atoms with Crippen LogP contribution in [0.25, 0.3) is 0 Å². The summed E-state index contributed by atoms with van der Waals surface area (Å²) < 4.78 is 1.16. The Hall–Kier alpha value is -2.39. The number of anilines is 2. The van der Waals surface area contributed by atoms with E-state index in [0.717, 1.165) is 34.0 Å². The average molecular weight is 360 g/mol. The van der Waals surface area contributed by atoms with Crippen LogP contribution in [0.15, 0.2) is 24.4 Å². The van der Waals surface area contributed by atoms with E-state index >= 15 is 0 Å². The minimum Gasteiger partial charge on any atom is -0.314 e. The second kappa shape index (κ2) is 7.24. The average Bonchev–Trinajstić information content (AvgIpc) is 3.23. The molecule has 0 saturated heterocycles. The fourth-order valence-electron chi connectivity index (χ4n) is 2.79. The van der Waals surface area contributed by atoms with Crippen molar-refractivity contribution in [2.75, 3.05) is 36.5 Å². The van der Waals surface area contributed by atoms with Crippen molar-refractivity contribution in [1.82, 2.24) is 19.7 Å². The van der Waals surface area contributed by atoms with Gasteiger partial charge in [-0.1, -0.05) is 18.2 Å². The Morgan fingerprint density at radius 2 is 2.20 bits per heavy atom. The molecule has 1 aromatic heterocycles. The van der Waals surface area contributed by atoms with E-state index < -0.39 is 0 Å². The molecule has 3 rings (SSSR count). The van der Waals surface area contributed by atoms with Gasteiger partial charge in [0.05, 0.1) is 12.7 Å². The van der Waals surface area contributed by atoms with Crippen LogP contribution in [0.4, 0.5) is 11.4 Å². The maximum Gasteiger partial charge on any atom is 0.279 e. The lowest BCUT2D eigenvalue weighted by Crippen LogP contribution is -2.35. The largest absolute Gasteiger partial charge is 0.314 e. The van der Waals surface area contributed by atoms with E-state index in [1.807, 2.05) is 25.1 Å². The number of amides is 2. The first-order valence-electron chi connectivity index (χ1n) is 8.05. The molecule has 2 aromatic rings. The van der Waals surface area contributed by atoms with Crippen LogP contribution in [-0.4, -0.2) is 52.9 Å². The Labute approximate surface area is 151 Å². The first-order valence-corrected chi connectivity index (χ1v) is 8.45. The standard InChI is InChI=1S/C16H20N6O2S/c1-3-17-10-15(23)20(2)12-5-4-11-6-7-21(13(11)8-12)16(24)14-9-18-19-22(14)25/h4-5,8-9,17,25H,3,6-7,10H2,1-2H3. The highest BCUT2D eigenvalue weighted by Crippen LogP contribution is 2.33. The number of likely N-dealkylation sites (N-methyl/N-ethyl adjacent to an activating group) is 2. The Kier molecular flexibility index (Phi) is 5.05. The zero-order chi connectivity index (χ0) is 18.0. The summed E-state index contributed by atoms with van der Waals surface area (Å²) in [6.45, 7) is 3.54. The molecule has 25 heavy (non-hydrogen) atoms. The molecule has 2 amide bonds. The minimum atomic E-state index is -0.211. The lowest BCUT2D eigenvalue weighted by atomic mass is 10.1. The van der Waals surface area contributed by atoms with Crippen LogP contribution < -0.4 is 15.1 Å². The second-order valence-corrected chi connectivity index (χ2v) is 6.14. The Balaban J connectivity index is 1.85. The highest BCUT2D eigenvalue weighted by Gasteiger charge is 2.28. The first kappa shape index (κ1) is 17.4. The second-order valence-electron chi connectivity index (χ2n) is 5.76. The summed E-state index contributed by atoms with van der Waals surface area (Å²) in [4.78, 5) is 28.2. The summed E-state index contributed by atoms with van der Waals surface area (Å²) in [6, 6.07) is 5.74. The number of carbonyl (C=O) groups is 2. The summed E-state index contributed by atoms with van der Waals surface area (Å²) in [5.74, 6) is -0.243. The number of aromatic nitrogens is 3. The Morgan fingerprint density at radius 3 is 2.88 bits per heavy atom. The molecule has 1 N–H and O–H groups in total. The molecule has 0 atom stereocenters. The third kappa shape index (κ3) is 3.38. The molecule has 0 spiro atoms. The molecule has 0 saturated carbocycles. The van der Waals surface area contributed by atoms with E-state index in [9.17, 15) is 9.59 Å². The van der Waals surface area contributed by atoms with Crippen molar-refractivity contribution in [3.8, 4) is 0 Å². The van der Waals surface area contributed by atoms with Gasteiger partial charge in [-0.15, -0.1) is 5.10 Å². The molecule has 1 aromatic carbocycles. The monoisotopic (exact) mass is 360 g/mol. The van der Waals surface area contributed by atoms with Gasteiger partial charge in [0.25, 0.3) is 5.91 Å². The van der Waals surface area contributed by atoms with Crippen molar-refractivity contribution in [2.24, 2.45) is 0 Å². The molecule has 9 heteroatoms. The zero-order valence-electron chi connectivity index (χ0n) is 14.1. The van der Waals surface area contributed by atoms with E-state index in [-0.39, 0.29) is 18.4 Å². The van der Waals surface area contributed by atoms with Gasteiger partial charge in [-0.05, 0) is 43.5 Å². The van der Waals surface area contributed by atoms with Gasteiger partial charge < -0.3 is 15.1 Å². The van der Waals surface area contributed by atoms with Gasteiger partial charge in [0.2, 0.25) is 5.91 Å². The quantitative estimate of drug-likeness (QED) is 0.769. The van der Waals surface area contributed by atoms with E-state index in [0.29, 0.717) is 12.2 Å². The Morgan fingerprint density at radius 1 is 1.40 bits per heavy atom. The third-order valence-corrected chi connectivity index (χ3v) is 4.54. The summed E-state index contributed by atoms with van der Waals surface area (Å²) in [5.41, 5.74) is 2.93. The molecule has 8 nitrogen and oxygen atoms in total. The molecule has 0 fully saturated rings. The van der Waals surface area contributed by atoms with Crippen molar-refractivity contribution in [1.29, 1.82) is 0 Å². The lowest BCUT2D eigenvalue weighted by molar-refractivity contribution is -0.117. The SMILES string of the molecule is CCNCC(=O)N(C)c1ccc2c(c1)N(C(=O)c1cnnn1S)CC2. The number of hydrogen-bond acceptors (Lipinski definition) is 6. The van der Waals surface area contributed by atoms with Crippen LogP contribution in [0.2, 0.25) is 0 Å². The molecular formula is C16H20N6O2S. The molecular weight excluding hydrogens is 340 g/mol. The minimum absolute atomic E-state index is 0.0321. The number of hydrogen-bond donors (Lipinski definition) is 2. The fourth-order valence-corrected chi connectivity index (χ4v) is 2.97. The van der Waals surface area contributed by atoms with Crippen LogP contribution in [0.3, 0.4) is 0 Å². The third-order valence-electron chi connectivity index (χ3n) is 4.25. The van der Waals surface area contributed by atoms with Crippen molar-refractivity contribution in [3.05, 3.63) is 35.7 Å². The van der Waals surface area contributed by atoms with Gasteiger partial charge in [0.15, 0.2) is 5.69 Å². The first-order chi connectivity index (χ1) is 12.0. The van der Waals surface area contributed by atoms with Gasteiger partial charge in [-0.3, -0.25) is 9.59 Å². The molecule has 0 bridgehead atoms. The molecule has 2 heterocycles. The van der Waals surface area contributed by atoms with Crippen LogP contribution >= 0.6 is 12.8 Å². The van der Waals surface area contributed by atoms with Gasteiger partial charge in [0, 0.05) is 25.0 Å². The molecule has 0 radical (unpaired) electrons. The van der Waals surface area contributed by atoms with Crippen molar-refractivity contribution in [3.63, 3.8) is 0 Å². The molecule has 0 unspecified atom stereocenters. The van der Waals surface area contributed by atoms with Crippen LogP contribution in [0.1, 0.15) is 23.0 Å². The van der Waals surface area contributed by atoms with Crippen LogP contribution in [0, 0.1) is 0 Å². The number of rotatable bonds is 5. The van der Waals surface area contributed by atoms with Crippen LogP contribution in [0.5, 0.6) is 0 Å². The van der Waals surface area contributed by atoms with Gasteiger partial charge >= 0.3 is 0 Å². The lowest BCUT2D eigenvalue weighted by Gasteiger charge is -2.21. The number of thiol groups is 1. The van der Waals surface area contributed by atoms with Gasteiger partial charge in [0.1, 0.15) is 0 Å². The summed E-state index contributed by atoms with van der Waals surface area (Å²) in [6.07, 6.45) is 2.16. The molecule has 1 aliphatic heterocycles. The van der Waals surface area contributed by atoms with Crippen molar-refractivity contribution < 1.29 is 9.59 Å². The normalized spacial score (nSPS) is 13.0. The predicted molar refractivity (Wildman–Crippen MR) is 98.2 cm³/mol. The van der Waals surface area contributed by atoms with E-state index in [1.54, 1.807) is 16.8 Å². The molecule has 132 valence electrons. The van der Waals surface area contributed by atoms with Gasteiger partial charge in [-0.2, -0.15) is 4.09 Å². The van der Waals surface area contributed by atoms with Crippen molar-refractivity contribution >= 4 is 36.0 Å². The topological polar surface area (TPSA) is 83.4 Å². The maximum absolute atomic E-state index is 12.7. The summed E-state index contributed by atoms with van der Waals surface area (Å²) in [5, 5.41) is 10.4. The van der Waals surface area contributed by atoms with E-state index in [1.165, 1.54) is 6.20 Å². The zero-order valence-corrected chi connectivity index (χ0v) is 15.0. The maximum atomic E-state index is 12.7. The number of nitrogens with zero attached hydrogens (tertiary/aromatic N) is 5. The number of fused-ring (bicyclic) bond motifs is 1. The smallest absolute Gasteiger partial charge is 0.279 e. The van der Waals surface area contributed by atoms with Crippen LogP contribution in [-0.2, 0) is 11.2 Å². The fraction of sp³-hybridized carbons (Fsp3) is 0.375. The number of benzene rings is 1. The van der Waals surface area contributed by atoms with Gasteiger partial charge in [-0.25, -0.2) is 0 Å². The molecule has 0 aliphatic carbocycles. The Bertz CT molecular complexity index is 806. The summed E-state index contributed by atoms with van der Waals surface area (Å²) >= 11 is 4.10. The van der Waals surface area contributed by atoms with E-state index in [4.69, 9.17) is 0 Å². The number of carbonyl (C=O) groups excluding carboxylic acids is 2. The van der Waals surface area contributed by atoms with Crippen molar-refractivity contribution in [2.45, 2.75) is 13.3 Å². The number of nitrogens with one attached hydrogen (secondary N) is 1.